The van der Waals surface area contributed by atoms with Crippen molar-refractivity contribution >= 4 is 29.3 Å². The third-order valence-electron chi connectivity index (χ3n) is 3.02. The van der Waals surface area contributed by atoms with Gasteiger partial charge in [-0.1, -0.05) is 6.92 Å². The summed E-state index contributed by atoms with van der Waals surface area (Å²) in [6.07, 6.45) is 2.83. The molecule has 0 atom stereocenters. The molecule has 2 rings (SSSR count). The van der Waals surface area contributed by atoms with E-state index in [-0.39, 0.29) is 30.6 Å². The minimum absolute atomic E-state index is 0. The number of carbonyl (C=O) groups is 1. The Bertz CT molecular complexity index is 586. The quantitative estimate of drug-likeness (QED) is 0.773. The van der Waals surface area contributed by atoms with E-state index >= 15 is 0 Å². The first-order valence-corrected chi connectivity index (χ1v) is 6.83. The van der Waals surface area contributed by atoms with Gasteiger partial charge in [0.1, 0.15) is 11.4 Å². The lowest BCUT2D eigenvalue weighted by atomic mass is 10.1. The molecule has 0 aliphatic carbocycles. The molecule has 0 aliphatic heterocycles. The topological polar surface area (TPSA) is 54.3 Å². The monoisotopic (exact) mass is 314 g/mol. The lowest BCUT2D eigenvalue weighted by molar-refractivity contribution is -0.120. The molecular formula is C15H20ClFN2O2. The van der Waals surface area contributed by atoms with E-state index in [1.165, 1.54) is 18.4 Å². The van der Waals surface area contributed by atoms with Gasteiger partial charge >= 0.3 is 0 Å². The number of rotatable bonds is 7. The lowest BCUT2D eigenvalue weighted by Gasteiger charge is -2.05. The van der Waals surface area contributed by atoms with Gasteiger partial charge in [-0.05, 0) is 25.1 Å². The molecule has 0 saturated carbocycles. The summed E-state index contributed by atoms with van der Waals surface area (Å²) < 4.78 is 18.3. The Kier molecular flexibility index (Phi) is 7.19. The summed E-state index contributed by atoms with van der Waals surface area (Å²) in [5.74, 6) is -0.403. The zero-order valence-electron chi connectivity index (χ0n) is 11.9. The van der Waals surface area contributed by atoms with Gasteiger partial charge in [0.05, 0.1) is 12.7 Å². The molecule has 0 spiro atoms. The number of hydrogen-bond donors (Lipinski definition) is 2. The van der Waals surface area contributed by atoms with E-state index in [9.17, 15) is 9.18 Å². The van der Waals surface area contributed by atoms with E-state index in [0.29, 0.717) is 12.1 Å². The van der Waals surface area contributed by atoms with Crippen molar-refractivity contribution in [3.63, 3.8) is 0 Å². The van der Waals surface area contributed by atoms with E-state index in [1.807, 2.05) is 0 Å². The van der Waals surface area contributed by atoms with Gasteiger partial charge in [-0.3, -0.25) is 4.79 Å². The van der Waals surface area contributed by atoms with Gasteiger partial charge in [-0.2, -0.15) is 0 Å². The van der Waals surface area contributed by atoms with Crippen LogP contribution in [0.1, 0.15) is 18.9 Å². The molecule has 6 heteroatoms. The average molecular weight is 315 g/mol. The van der Waals surface area contributed by atoms with Gasteiger partial charge < -0.3 is 15.1 Å². The van der Waals surface area contributed by atoms with Gasteiger partial charge in [-0.15, -0.1) is 12.4 Å². The summed E-state index contributed by atoms with van der Waals surface area (Å²) in [5, 5.41) is 6.83. The van der Waals surface area contributed by atoms with Crippen LogP contribution >= 0.6 is 12.4 Å². The Balaban J connectivity index is 0.00000220. The molecule has 0 aliphatic rings. The Hall–Kier alpha value is -1.59. The van der Waals surface area contributed by atoms with Crippen LogP contribution in [-0.2, 0) is 11.2 Å². The molecule has 0 unspecified atom stereocenters. The van der Waals surface area contributed by atoms with Gasteiger partial charge in [0.15, 0.2) is 0 Å². The first kappa shape index (κ1) is 17.5. The van der Waals surface area contributed by atoms with Crippen molar-refractivity contribution in [1.82, 2.24) is 10.6 Å². The fourth-order valence-corrected chi connectivity index (χ4v) is 2.02. The lowest BCUT2D eigenvalue weighted by Crippen LogP contribution is -2.32. The molecular weight excluding hydrogens is 295 g/mol. The summed E-state index contributed by atoms with van der Waals surface area (Å²) in [7, 11) is 0. The van der Waals surface area contributed by atoms with Crippen LogP contribution in [0.15, 0.2) is 28.9 Å². The zero-order chi connectivity index (χ0) is 14.4. The summed E-state index contributed by atoms with van der Waals surface area (Å²) >= 11 is 0. The van der Waals surface area contributed by atoms with Crippen molar-refractivity contribution in [3.8, 4) is 0 Å². The molecule has 2 N–H and O–H groups in total. The third-order valence-corrected chi connectivity index (χ3v) is 3.02. The van der Waals surface area contributed by atoms with Crippen LogP contribution in [0.2, 0.25) is 0 Å². The molecule has 116 valence electrons. The SMILES string of the molecule is CCCNCCNC(=O)Cc1coc2cc(F)ccc12.Cl. The largest absolute Gasteiger partial charge is 0.464 e. The Morgan fingerprint density at radius 3 is 2.86 bits per heavy atom. The molecule has 2 aromatic rings. The summed E-state index contributed by atoms with van der Waals surface area (Å²) in [5.41, 5.74) is 1.25. The molecule has 1 aromatic carbocycles. The number of halogens is 2. The van der Waals surface area contributed by atoms with Crippen molar-refractivity contribution in [2.24, 2.45) is 0 Å². The minimum Gasteiger partial charge on any atom is -0.464 e. The second-order valence-electron chi connectivity index (χ2n) is 4.68. The van der Waals surface area contributed by atoms with E-state index < -0.39 is 0 Å². The maximum Gasteiger partial charge on any atom is 0.224 e. The maximum atomic E-state index is 13.0. The van der Waals surface area contributed by atoms with Crippen molar-refractivity contribution in [1.29, 1.82) is 0 Å². The first-order chi connectivity index (χ1) is 9.70. The highest BCUT2D eigenvalue weighted by molar-refractivity contribution is 5.87. The fourth-order valence-electron chi connectivity index (χ4n) is 2.02. The highest BCUT2D eigenvalue weighted by atomic mass is 35.5. The predicted molar refractivity (Wildman–Crippen MR) is 83.3 cm³/mol. The predicted octanol–water partition coefficient (Wildman–Crippen LogP) is 2.65. The van der Waals surface area contributed by atoms with Gasteiger partial charge in [-0.25, -0.2) is 4.39 Å². The number of nitrogens with one attached hydrogen (secondary N) is 2. The fraction of sp³-hybridized carbons (Fsp3) is 0.400. The zero-order valence-corrected chi connectivity index (χ0v) is 12.8. The van der Waals surface area contributed by atoms with Crippen LogP contribution in [0.4, 0.5) is 4.39 Å². The van der Waals surface area contributed by atoms with Crippen molar-refractivity contribution in [3.05, 3.63) is 35.8 Å². The smallest absolute Gasteiger partial charge is 0.224 e. The number of hydrogen-bond acceptors (Lipinski definition) is 3. The van der Waals surface area contributed by atoms with Crippen molar-refractivity contribution < 1.29 is 13.6 Å². The van der Waals surface area contributed by atoms with E-state index in [2.05, 4.69) is 17.6 Å². The van der Waals surface area contributed by atoms with E-state index in [1.54, 1.807) is 6.07 Å². The molecule has 0 fully saturated rings. The summed E-state index contributed by atoms with van der Waals surface area (Å²) in [6, 6.07) is 4.33. The van der Waals surface area contributed by atoms with Crippen LogP contribution in [0.3, 0.4) is 0 Å². The molecule has 0 bridgehead atoms. The van der Waals surface area contributed by atoms with Gasteiger partial charge in [0, 0.05) is 30.1 Å². The van der Waals surface area contributed by atoms with Crippen LogP contribution in [0.5, 0.6) is 0 Å². The van der Waals surface area contributed by atoms with Crippen molar-refractivity contribution in [2.45, 2.75) is 19.8 Å². The third kappa shape index (κ3) is 5.02. The van der Waals surface area contributed by atoms with Crippen LogP contribution in [0.25, 0.3) is 11.0 Å². The summed E-state index contributed by atoms with van der Waals surface area (Å²) in [4.78, 5) is 11.8. The maximum absolute atomic E-state index is 13.0. The second-order valence-corrected chi connectivity index (χ2v) is 4.68. The van der Waals surface area contributed by atoms with Gasteiger partial charge in [0.25, 0.3) is 0 Å². The highest BCUT2D eigenvalue weighted by Gasteiger charge is 2.10. The van der Waals surface area contributed by atoms with Crippen LogP contribution in [0, 0.1) is 5.82 Å². The Morgan fingerprint density at radius 1 is 1.29 bits per heavy atom. The van der Waals surface area contributed by atoms with Crippen LogP contribution < -0.4 is 10.6 Å². The number of amides is 1. The van der Waals surface area contributed by atoms with Crippen molar-refractivity contribution in [2.75, 3.05) is 19.6 Å². The Labute approximate surface area is 129 Å². The second kappa shape index (κ2) is 8.64. The molecule has 4 nitrogen and oxygen atoms in total. The van der Waals surface area contributed by atoms with Gasteiger partial charge in [0.2, 0.25) is 5.91 Å². The molecule has 1 heterocycles. The minimum atomic E-state index is -0.343. The Morgan fingerprint density at radius 2 is 2.10 bits per heavy atom. The molecule has 1 amide bonds. The average Bonchev–Trinajstić information content (AvgIpc) is 2.81. The standard InChI is InChI=1S/C15H19FN2O2.ClH/c1-2-5-17-6-7-18-15(19)8-11-10-20-14-9-12(16)3-4-13(11)14;/h3-4,9-10,17H,2,5-8H2,1H3,(H,18,19);1H. The van der Waals surface area contributed by atoms with E-state index in [4.69, 9.17) is 4.42 Å². The molecule has 1 aromatic heterocycles. The number of carbonyl (C=O) groups excluding carboxylic acids is 1. The highest BCUT2D eigenvalue weighted by Crippen LogP contribution is 2.22. The normalized spacial score (nSPS) is 10.4. The summed E-state index contributed by atoms with van der Waals surface area (Å²) in [6.45, 7) is 4.41. The first-order valence-electron chi connectivity index (χ1n) is 6.83. The number of furan rings is 1. The number of benzene rings is 1. The molecule has 0 radical (unpaired) electrons. The van der Waals surface area contributed by atoms with E-state index in [0.717, 1.165) is 30.5 Å². The molecule has 21 heavy (non-hydrogen) atoms. The van der Waals surface area contributed by atoms with Crippen LogP contribution in [-0.4, -0.2) is 25.5 Å². The number of fused-ring (bicyclic) bond motifs is 1. The molecule has 0 saturated heterocycles.